The number of halogens is 4. The van der Waals surface area contributed by atoms with E-state index in [-0.39, 0.29) is 28.4 Å². The maximum Gasteiger partial charge on any atom is 0.534 e. The number of ketones is 2. The number of carbonyl (C=O) groups excluding carboxylic acids is 4. The molecule has 2 aliphatic carbocycles. The number of alkyl halides is 3. The van der Waals surface area contributed by atoms with Gasteiger partial charge in [0.15, 0.2) is 17.3 Å². The van der Waals surface area contributed by atoms with E-state index in [4.69, 9.17) is 9.47 Å². The zero-order chi connectivity index (χ0) is 34.7. The second kappa shape index (κ2) is 13.9. The van der Waals surface area contributed by atoms with Crippen molar-refractivity contribution in [3.63, 3.8) is 0 Å². The monoisotopic (exact) mass is 680 g/mol. The fourth-order valence-corrected chi connectivity index (χ4v) is 4.88. The summed E-state index contributed by atoms with van der Waals surface area (Å²) in [7, 11) is -2.06. The quantitative estimate of drug-likeness (QED) is 0.0803. The minimum Gasteiger partial charge on any atom is -0.497 e. The Morgan fingerprint density at radius 3 is 1.70 bits per heavy atom. The van der Waals surface area contributed by atoms with Crippen LogP contribution in [0.2, 0.25) is 0 Å². The van der Waals surface area contributed by atoms with E-state index in [0.717, 1.165) is 38.2 Å². The molecule has 250 valence electrons. The Bertz CT molecular complexity index is 1830. The molecular weight excluding hydrogens is 652 g/mol. The first-order chi connectivity index (χ1) is 22.1. The predicted octanol–water partition coefficient (Wildman–Crippen LogP) is 6.17. The Hall–Kier alpha value is -4.79. The highest BCUT2D eigenvalue weighted by Crippen LogP contribution is 2.39. The number of benzene rings is 3. The highest BCUT2D eigenvalue weighted by molar-refractivity contribution is 7.88. The van der Waals surface area contributed by atoms with Crippen molar-refractivity contribution in [2.75, 3.05) is 21.3 Å². The average Bonchev–Trinajstić information content (AvgIpc) is 3.97. The van der Waals surface area contributed by atoms with Crippen molar-refractivity contribution in [2.45, 2.75) is 31.2 Å². The van der Waals surface area contributed by atoms with Gasteiger partial charge < -0.3 is 18.4 Å². The lowest BCUT2D eigenvalue weighted by molar-refractivity contribution is -0.0500. The van der Waals surface area contributed by atoms with Crippen LogP contribution in [0.25, 0.3) is 11.1 Å². The molecule has 0 spiro atoms. The van der Waals surface area contributed by atoms with Crippen LogP contribution in [0.4, 0.5) is 17.6 Å². The number of esters is 2. The van der Waals surface area contributed by atoms with Crippen LogP contribution in [0, 0.1) is 17.7 Å². The molecule has 2 saturated carbocycles. The van der Waals surface area contributed by atoms with Crippen LogP contribution in [0.1, 0.15) is 67.1 Å². The normalized spacial score (nSPS) is 14.3. The number of carbonyl (C=O) groups is 4. The van der Waals surface area contributed by atoms with E-state index < -0.39 is 56.4 Å². The molecule has 47 heavy (non-hydrogen) atoms. The topological polar surface area (TPSA) is 139 Å². The van der Waals surface area contributed by atoms with Crippen molar-refractivity contribution in [1.29, 1.82) is 0 Å². The number of Topliss-reactive ketones (excluding diaryl/α,β-unsaturated/α-hetero) is 2. The van der Waals surface area contributed by atoms with Crippen LogP contribution in [-0.2, 0) is 19.6 Å². The summed E-state index contributed by atoms with van der Waals surface area (Å²) >= 11 is 0. The van der Waals surface area contributed by atoms with E-state index in [1.165, 1.54) is 38.5 Å². The minimum absolute atomic E-state index is 0.0506. The van der Waals surface area contributed by atoms with Crippen molar-refractivity contribution >= 4 is 33.6 Å². The van der Waals surface area contributed by atoms with Gasteiger partial charge in [-0.1, -0.05) is 6.07 Å². The van der Waals surface area contributed by atoms with Crippen molar-refractivity contribution in [2.24, 2.45) is 11.8 Å². The Labute approximate surface area is 266 Å². The van der Waals surface area contributed by atoms with Gasteiger partial charge in [0.2, 0.25) is 0 Å². The summed E-state index contributed by atoms with van der Waals surface area (Å²) in [5, 5.41) is 0. The molecule has 0 aliphatic heterocycles. The molecule has 0 aromatic heterocycles. The molecule has 0 atom stereocenters. The molecule has 10 nitrogen and oxygen atoms in total. The summed E-state index contributed by atoms with van der Waals surface area (Å²) in [6, 6.07) is 11.8. The molecule has 2 aliphatic rings. The lowest BCUT2D eigenvalue weighted by Gasteiger charge is -2.13. The molecule has 0 radical (unpaired) electrons. The van der Waals surface area contributed by atoms with E-state index in [2.05, 4.69) is 8.92 Å². The maximum atomic E-state index is 14.3. The smallest absolute Gasteiger partial charge is 0.497 e. The van der Waals surface area contributed by atoms with E-state index in [1.807, 2.05) is 0 Å². The Morgan fingerprint density at radius 1 is 0.702 bits per heavy atom. The van der Waals surface area contributed by atoms with Crippen molar-refractivity contribution < 1.29 is 63.6 Å². The largest absolute Gasteiger partial charge is 0.534 e. The van der Waals surface area contributed by atoms with Gasteiger partial charge in [0.25, 0.3) is 0 Å². The van der Waals surface area contributed by atoms with Crippen LogP contribution < -0.4 is 8.92 Å². The highest BCUT2D eigenvalue weighted by atomic mass is 32.2. The van der Waals surface area contributed by atoms with Crippen LogP contribution in [0.3, 0.4) is 0 Å². The van der Waals surface area contributed by atoms with Gasteiger partial charge >= 0.3 is 27.6 Å². The van der Waals surface area contributed by atoms with Gasteiger partial charge in [0.05, 0.1) is 38.0 Å². The first kappa shape index (κ1) is 35.1. The first-order valence-electron chi connectivity index (χ1n) is 14.0. The van der Waals surface area contributed by atoms with Crippen molar-refractivity contribution in [3.8, 4) is 22.6 Å². The third-order valence-corrected chi connectivity index (χ3v) is 8.18. The second-order valence-electron chi connectivity index (χ2n) is 10.6. The number of rotatable bonds is 10. The van der Waals surface area contributed by atoms with Gasteiger partial charge in [0, 0.05) is 23.0 Å². The summed E-state index contributed by atoms with van der Waals surface area (Å²) in [6.45, 7) is 0. The number of hydrogen-bond donors (Lipinski definition) is 0. The molecule has 0 N–H and O–H groups in total. The first-order valence-corrected chi connectivity index (χ1v) is 15.4. The zero-order valence-corrected chi connectivity index (χ0v) is 26.0. The van der Waals surface area contributed by atoms with E-state index in [9.17, 15) is 45.2 Å². The molecule has 3 aromatic carbocycles. The molecule has 0 saturated heterocycles. The SMILES string of the molecule is COC(=O)c1ccc(-c2cc(OC)ccc2F)c(C(=O)C2CC2)c1.COC(=O)c1ccc(OS(=O)(=O)C(F)(F)F)c(C(=O)C2CC2)c1. The second-order valence-corrected chi connectivity index (χ2v) is 12.1. The molecule has 2 fully saturated rings. The molecular formula is C32H28F4O10S. The molecule has 0 bridgehead atoms. The summed E-state index contributed by atoms with van der Waals surface area (Å²) in [6.07, 6.45) is 2.71. The highest BCUT2D eigenvalue weighted by Gasteiger charge is 2.49. The fraction of sp³-hybridized carbons (Fsp3) is 0.312. The lowest BCUT2D eigenvalue weighted by atomic mass is 9.93. The van der Waals surface area contributed by atoms with Crippen LogP contribution in [0.5, 0.6) is 11.5 Å². The van der Waals surface area contributed by atoms with E-state index in [0.29, 0.717) is 29.7 Å². The predicted molar refractivity (Wildman–Crippen MR) is 157 cm³/mol. The third-order valence-electron chi connectivity index (χ3n) is 7.22. The molecule has 0 unspecified atom stereocenters. The third kappa shape index (κ3) is 8.14. The number of hydrogen-bond acceptors (Lipinski definition) is 10. The van der Waals surface area contributed by atoms with Crippen molar-refractivity contribution in [3.05, 3.63) is 82.7 Å². The molecule has 0 amide bonds. The van der Waals surface area contributed by atoms with Gasteiger partial charge in [-0.3, -0.25) is 9.59 Å². The minimum atomic E-state index is -5.92. The Balaban J connectivity index is 0.000000213. The van der Waals surface area contributed by atoms with Gasteiger partial charge in [0.1, 0.15) is 11.6 Å². The zero-order valence-electron chi connectivity index (χ0n) is 25.2. The number of ether oxygens (including phenoxy) is 3. The fourth-order valence-electron chi connectivity index (χ4n) is 4.40. The standard InChI is InChI=1S/C19H17FO4.C13H11F3O6S/c1-23-13-6-8-17(20)15(10-13)14-7-5-12(19(22)24-2)9-16(14)18(21)11-3-4-11;1-21-12(18)8-4-5-10(22-23(19,20)13(14,15)16)9(6-8)11(17)7-2-3-7/h5-11H,3-4H2,1-2H3;4-7H,2-3H2,1H3. The Morgan fingerprint density at radius 2 is 1.21 bits per heavy atom. The van der Waals surface area contributed by atoms with Gasteiger partial charge in [-0.25, -0.2) is 14.0 Å². The van der Waals surface area contributed by atoms with Crippen LogP contribution >= 0.6 is 0 Å². The maximum absolute atomic E-state index is 14.3. The summed E-state index contributed by atoms with van der Waals surface area (Å²) in [4.78, 5) is 48.0. The van der Waals surface area contributed by atoms with E-state index >= 15 is 0 Å². The summed E-state index contributed by atoms with van der Waals surface area (Å²) in [5.41, 5.74) is -4.79. The van der Waals surface area contributed by atoms with Crippen molar-refractivity contribution in [1.82, 2.24) is 0 Å². The van der Waals surface area contributed by atoms with Gasteiger partial charge in [-0.15, -0.1) is 0 Å². The molecule has 0 heterocycles. The lowest BCUT2D eigenvalue weighted by Crippen LogP contribution is -2.28. The van der Waals surface area contributed by atoms with Gasteiger partial charge in [-0.2, -0.15) is 21.6 Å². The van der Waals surface area contributed by atoms with Crippen LogP contribution in [0.15, 0.2) is 54.6 Å². The summed E-state index contributed by atoms with van der Waals surface area (Å²) < 4.78 is 92.1. The number of methoxy groups -OCH3 is 3. The van der Waals surface area contributed by atoms with E-state index in [1.54, 1.807) is 12.1 Å². The van der Waals surface area contributed by atoms with Crippen LogP contribution in [-0.4, -0.2) is 58.8 Å². The molecule has 15 heteroatoms. The molecule has 3 aromatic rings. The average molecular weight is 681 g/mol. The Kier molecular flexibility index (Phi) is 10.4. The molecule has 5 rings (SSSR count). The summed E-state index contributed by atoms with van der Waals surface area (Å²) in [5.74, 6) is -3.20. The van der Waals surface area contributed by atoms with Gasteiger partial charge in [-0.05, 0) is 79.8 Å².